The smallest absolute Gasteiger partial charge is 0.308 e. The van der Waals surface area contributed by atoms with E-state index in [0.717, 1.165) is 11.3 Å². The Morgan fingerprint density at radius 3 is 2.46 bits per heavy atom. The third kappa shape index (κ3) is 3.01. The second kappa shape index (κ2) is 6.28. The van der Waals surface area contributed by atoms with Crippen molar-refractivity contribution in [2.75, 3.05) is 13.1 Å². The van der Waals surface area contributed by atoms with E-state index in [1.165, 1.54) is 4.68 Å². The van der Waals surface area contributed by atoms with Gasteiger partial charge in [-0.05, 0) is 30.7 Å². The van der Waals surface area contributed by atoms with Gasteiger partial charge in [-0.1, -0.05) is 23.7 Å². The Bertz CT molecular complexity index is 785. The molecule has 0 spiro atoms. The summed E-state index contributed by atoms with van der Waals surface area (Å²) in [6.07, 6.45) is 0. The predicted octanol–water partition coefficient (Wildman–Crippen LogP) is 2.32. The molecule has 126 valence electrons. The molecular weight excluding hydrogens is 330 g/mol. The summed E-state index contributed by atoms with van der Waals surface area (Å²) in [6.45, 7) is 2.37. The molecule has 2 aromatic rings. The average molecular weight is 348 g/mol. The Labute approximate surface area is 144 Å². The van der Waals surface area contributed by atoms with Crippen LogP contribution >= 0.6 is 11.6 Å². The van der Waals surface area contributed by atoms with Gasteiger partial charge >= 0.3 is 5.97 Å². The first-order valence-electron chi connectivity index (χ1n) is 7.65. The Morgan fingerprint density at radius 2 is 1.92 bits per heavy atom. The molecule has 1 fully saturated rings. The van der Waals surface area contributed by atoms with Gasteiger partial charge in [0.25, 0.3) is 5.91 Å². The molecule has 24 heavy (non-hydrogen) atoms. The molecule has 0 radical (unpaired) electrons. The Balaban J connectivity index is 1.87. The van der Waals surface area contributed by atoms with Gasteiger partial charge in [-0.3, -0.25) is 14.3 Å². The van der Waals surface area contributed by atoms with E-state index in [2.05, 4.69) is 5.10 Å². The Hall–Kier alpha value is -2.34. The molecule has 2 heterocycles. The summed E-state index contributed by atoms with van der Waals surface area (Å²) in [5.74, 6) is -1.98. The molecule has 1 aromatic carbocycles. The molecule has 1 aliphatic heterocycles. The fourth-order valence-electron chi connectivity index (χ4n) is 3.24. The number of nitrogens with zero attached hydrogens (tertiary/aromatic N) is 3. The lowest BCUT2D eigenvalue weighted by Crippen LogP contribution is -2.31. The number of carbonyl (C=O) groups excluding carboxylic acids is 1. The molecular formula is C17H18ClN3O3. The molecule has 7 heteroatoms. The van der Waals surface area contributed by atoms with Crippen molar-refractivity contribution in [3.63, 3.8) is 0 Å². The van der Waals surface area contributed by atoms with Gasteiger partial charge in [-0.2, -0.15) is 5.10 Å². The van der Waals surface area contributed by atoms with Gasteiger partial charge in [0, 0.05) is 31.1 Å². The Morgan fingerprint density at radius 1 is 1.25 bits per heavy atom. The number of aryl methyl sites for hydroxylation is 2. The maximum Gasteiger partial charge on any atom is 0.308 e. The fourth-order valence-corrected chi connectivity index (χ4v) is 3.37. The van der Waals surface area contributed by atoms with Crippen LogP contribution in [0.15, 0.2) is 30.3 Å². The van der Waals surface area contributed by atoms with Gasteiger partial charge in [0.05, 0.1) is 11.6 Å². The number of likely N-dealkylation sites (tertiary alicyclic amines) is 1. The minimum absolute atomic E-state index is 0.186. The van der Waals surface area contributed by atoms with E-state index >= 15 is 0 Å². The van der Waals surface area contributed by atoms with Crippen molar-refractivity contribution in [2.45, 2.75) is 12.8 Å². The monoisotopic (exact) mass is 347 g/mol. The number of halogens is 1. The lowest BCUT2D eigenvalue weighted by atomic mass is 9.89. The van der Waals surface area contributed by atoms with Gasteiger partial charge in [0.15, 0.2) is 0 Å². The van der Waals surface area contributed by atoms with Crippen molar-refractivity contribution in [1.29, 1.82) is 0 Å². The van der Waals surface area contributed by atoms with Gasteiger partial charge < -0.3 is 10.0 Å². The summed E-state index contributed by atoms with van der Waals surface area (Å²) in [6, 6.07) is 8.85. The van der Waals surface area contributed by atoms with Gasteiger partial charge in [-0.15, -0.1) is 0 Å². The van der Waals surface area contributed by atoms with E-state index in [1.54, 1.807) is 30.1 Å². The molecule has 0 bridgehead atoms. The van der Waals surface area contributed by atoms with Crippen molar-refractivity contribution in [2.24, 2.45) is 13.0 Å². The summed E-state index contributed by atoms with van der Waals surface area (Å²) >= 11 is 5.91. The number of carboxylic acids is 1. The molecule has 6 nitrogen and oxygen atoms in total. The van der Waals surface area contributed by atoms with Crippen molar-refractivity contribution in [3.8, 4) is 0 Å². The summed E-state index contributed by atoms with van der Waals surface area (Å²) in [4.78, 5) is 26.0. The fraction of sp³-hybridized carbons (Fsp3) is 0.353. The van der Waals surface area contributed by atoms with E-state index in [4.69, 9.17) is 11.6 Å². The number of hydrogen-bond acceptors (Lipinski definition) is 3. The molecule has 0 saturated carbocycles. The van der Waals surface area contributed by atoms with Crippen molar-refractivity contribution in [3.05, 3.63) is 52.3 Å². The zero-order chi connectivity index (χ0) is 17.4. The van der Waals surface area contributed by atoms with Crippen LogP contribution in [0, 0.1) is 12.8 Å². The van der Waals surface area contributed by atoms with E-state index in [9.17, 15) is 14.7 Å². The summed E-state index contributed by atoms with van der Waals surface area (Å²) < 4.78 is 1.53. The van der Waals surface area contributed by atoms with E-state index in [1.807, 2.05) is 19.1 Å². The van der Waals surface area contributed by atoms with E-state index in [0.29, 0.717) is 17.3 Å². The number of rotatable bonds is 3. The largest absolute Gasteiger partial charge is 0.481 e. The van der Waals surface area contributed by atoms with E-state index in [-0.39, 0.29) is 18.4 Å². The Kier molecular flexibility index (Phi) is 4.32. The average Bonchev–Trinajstić information content (AvgIpc) is 3.11. The van der Waals surface area contributed by atoms with Gasteiger partial charge in [-0.25, -0.2) is 0 Å². The lowest BCUT2D eigenvalue weighted by Gasteiger charge is -2.16. The van der Waals surface area contributed by atoms with Crippen LogP contribution in [0.3, 0.4) is 0 Å². The van der Waals surface area contributed by atoms with Crippen LogP contribution in [0.25, 0.3) is 0 Å². The molecule has 1 N–H and O–H groups in total. The van der Waals surface area contributed by atoms with Crippen LogP contribution in [0.5, 0.6) is 0 Å². The van der Waals surface area contributed by atoms with Crippen LogP contribution in [0.2, 0.25) is 5.02 Å². The quantitative estimate of drug-likeness (QED) is 0.924. The molecule has 1 saturated heterocycles. The predicted molar refractivity (Wildman–Crippen MR) is 89.2 cm³/mol. The number of aliphatic carboxylic acids is 1. The van der Waals surface area contributed by atoms with Crippen molar-refractivity contribution in [1.82, 2.24) is 14.7 Å². The molecule has 3 rings (SSSR count). The normalized spacial score (nSPS) is 20.4. The summed E-state index contributed by atoms with van der Waals surface area (Å²) in [7, 11) is 1.71. The molecule has 1 amide bonds. The third-order valence-electron chi connectivity index (χ3n) is 4.44. The first kappa shape index (κ1) is 16.5. The highest BCUT2D eigenvalue weighted by molar-refractivity contribution is 6.30. The molecule has 0 unspecified atom stereocenters. The van der Waals surface area contributed by atoms with Crippen molar-refractivity contribution >= 4 is 23.5 Å². The third-order valence-corrected chi connectivity index (χ3v) is 4.70. The zero-order valence-corrected chi connectivity index (χ0v) is 14.2. The van der Waals surface area contributed by atoms with Crippen LogP contribution in [-0.2, 0) is 11.8 Å². The molecule has 2 atom stereocenters. The van der Waals surface area contributed by atoms with Crippen LogP contribution < -0.4 is 0 Å². The lowest BCUT2D eigenvalue weighted by molar-refractivity contribution is -0.141. The number of benzene rings is 1. The van der Waals surface area contributed by atoms with Gasteiger partial charge in [0.2, 0.25) is 0 Å². The summed E-state index contributed by atoms with van der Waals surface area (Å²) in [5.41, 5.74) is 2.10. The van der Waals surface area contributed by atoms with Crippen molar-refractivity contribution < 1.29 is 14.7 Å². The van der Waals surface area contributed by atoms with Crippen LogP contribution in [0.4, 0.5) is 0 Å². The van der Waals surface area contributed by atoms with E-state index < -0.39 is 11.9 Å². The summed E-state index contributed by atoms with van der Waals surface area (Å²) in [5, 5.41) is 14.3. The first-order valence-corrected chi connectivity index (χ1v) is 8.03. The minimum atomic E-state index is -0.897. The molecule has 1 aromatic heterocycles. The highest BCUT2D eigenvalue weighted by atomic mass is 35.5. The van der Waals surface area contributed by atoms with Gasteiger partial charge in [0.1, 0.15) is 5.69 Å². The number of amides is 1. The standard InChI is InChI=1S/C17H18ClN3O3/c1-10-7-15(20(2)19-10)16(22)21-8-13(14(9-21)17(23)24)11-3-5-12(18)6-4-11/h3-7,13-14H,8-9H2,1-2H3,(H,23,24)/t13-,14+/m0/s1. The molecule has 0 aliphatic carbocycles. The molecule has 1 aliphatic rings. The number of carboxylic acid groups (broad SMARTS) is 1. The van der Waals surface area contributed by atoms with Crippen LogP contribution in [0.1, 0.15) is 27.7 Å². The highest BCUT2D eigenvalue weighted by Gasteiger charge is 2.41. The van der Waals surface area contributed by atoms with Crippen LogP contribution in [-0.4, -0.2) is 44.8 Å². The second-order valence-electron chi connectivity index (χ2n) is 6.11. The number of aromatic nitrogens is 2. The number of hydrogen-bond donors (Lipinski definition) is 1. The minimum Gasteiger partial charge on any atom is -0.481 e. The maximum atomic E-state index is 12.7. The second-order valence-corrected chi connectivity index (χ2v) is 6.54. The highest BCUT2D eigenvalue weighted by Crippen LogP contribution is 2.34. The SMILES string of the molecule is Cc1cc(C(=O)N2C[C@@H](C(=O)O)[C@H](c3ccc(Cl)cc3)C2)n(C)n1. The number of carbonyl (C=O) groups is 2. The zero-order valence-electron chi connectivity index (χ0n) is 13.4. The maximum absolute atomic E-state index is 12.7. The topological polar surface area (TPSA) is 75.4 Å². The first-order chi connectivity index (χ1) is 11.4.